The van der Waals surface area contributed by atoms with E-state index in [0.717, 1.165) is 35.8 Å². The van der Waals surface area contributed by atoms with Crippen LogP contribution in [-0.4, -0.2) is 30.1 Å². The molecule has 1 fully saturated rings. The number of thiazole rings is 1. The lowest BCUT2D eigenvalue weighted by atomic mass is 10.2. The normalized spacial score (nSPS) is 17.0. The highest BCUT2D eigenvalue weighted by Gasteiger charge is 2.18. The van der Waals surface area contributed by atoms with Crippen LogP contribution < -0.4 is 10.1 Å². The van der Waals surface area contributed by atoms with Crippen molar-refractivity contribution in [1.29, 1.82) is 0 Å². The van der Waals surface area contributed by atoms with Crippen LogP contribution in [0, 0.1) is 6.92 Å². The Morgan fingerprint density at radius 3 is 3.17 bits per heavy atom. The maximum Gasteiger partial charge on any atom is 0.270 e. The quantitative estimate of drug-likeness (QED) is 0.848. The molecule has 0 aliphatic carbocycles. The highest BCUT2D eigenvalue weighted by molar-refractivity contribution is 7.09. The molecule has 1 amide bonds. The van der Waals surface area contributed by atoms with Crippen molar-refractivity contribution in [2.45, 2.75) is 32.5 Å². The van der Waals surface area contributed by atoms with Gasteiger partial charge in [-0.1, -0.05) is 11.6 Å². The molecule has 0 spiro atoms. The lowest BCUT2D eigenvalue weighted by Crippen LogP contribution is -2.31. The number of nitrogens with one attached hydrogen (secondary N) is 1. The van der Waals surface area contributed by atoms with Gasteiger partial charge in [0.1, 0.15) is 23.1 Å². The monoisotopic (exact) mass is 366 g/mol. The van der Waals surface area contributed by atoms with Gasteiger partial charge in [-0.2, -0.15) is 0 Å². The molecule has 1 aliphatic heterocycles. The molecule has 3 rings (SSSR count). The number of hydrogen-bond donors (Lipinski definition) is 1. The average Bonchev–Trinajstić information content (AvgIpc) is 3.25. The Kier molecular flexibility index (Phi) is 5.71. The van der Waals surface area contributed by atoms with Gasteiger partial charge in [0.25, 0.3) is 5.91 Å². The van der Waals surface area contributed by atoms with Crippen LogP contribution in [0.1, 0.15) is 33.9 Å². The molecule has 1 aromatic heterocycles. The predicted molar refractivity (Wildman–Crippen MR) is 93.9 cm³/mol. The summed E-state index contributed by atoms with van der Waals surface area (Å²) in [5.74, 6) is 0.562. The summed E-state index contributed by atoms with van der Waals surface area (Å²) in [6, 6.07) is 5.50. The number of aromatic nitrogens is 1. The van der Waals surface area contributed by atoms with Crippen LogP contribution in [0.5, 0.6) is 5.75 Å². The van der Waals surface area contributed by atoms with Crippen molar-refractivity contribution in [3.05, 3.63) is 44.9 Å². The molecule has 7 heteroatoms. The maximum absolute atomic E-state index is 12.1. The molecular weight excluding hydrogens is 348 g/mol. The van der Waals surface area contributed by atoms with Crippen molar-refractivity contribution in [3.63, 3.8) is 0 Å². The number of nitrogens with zero attached hydrogens (tertiary/aromatic N) is 1. The third kappa shape index (κ3) is 4.47. The predicted octanol–water partition coefficient (Wildman–Crippen LogP) is 3.59. The number of carbonyl (C=O) groups excluding carboxylic acids is 1. The van der Waals surface area contributed by atoms with Crippen molar-refractivity contribution in [1.82, 2.24) is 10.3 Å². The highest BCUT2D eigenvalue weighted by atomic mass is 35.5. The van der Waals surface area contributed by atoms with Crippen LogP contribution in [0.2, 0.25) is 5.02 Å². The fraction of sp³-hybridized carbons (Fsp3) is 0.412. The van der Waals surface area contributed by atoms with Crippen LogP contribution >= 0.6 is 22.9 Å². The minimum atomic E-state index is -0.171. The third-order valence-corrected chi connectivity index (χ3v) is 5.04. The second kappa shape index (κ2) is 7.96. The molecule has 1 unspecified atom stereocenters. The molecule has 0 radical (unpaired) electrons. The average molecular weight is 367 g/mol. The zero-order chi connectivity index (χ0) is 16.9. The minimum Gasteiger partial charge on any atom is -0.486 e. The third-order valence-electron chi connectivity index (χ3n) is 3.79. The zero-order valence-electron chi connectivity index (χ0n) is 13.4. The SMILES string of the molecule is Cc1cc(OCc2nc(C(=O)NCC3CCCO3)cs2)ccc1Cl. The molecule has 0 bridgehead atoms. The molecule has 2 aromatic rings. The topological polar surface area (TPSA) is 60.5 Å². The van der Waals surface area contributed by atoms with E-state index in [1.807, 2.05) is 19.1 Å². The van der Waals surface area contributed by atoms with Gasteiger partial charge in [-0.25, -0.2) is 4.98 Å². The van der Waals surface area contributed by atoms with Crippen molar-refractivity contribution in [2.24, 2.45) is 0 Å². The summed E-state index contributed by atoms with van der Waals surface area (Å²) in [6.07, 6.45) is 2.18. The van der Waals surface area contributed by atoms with Crippen molar-refractivity contribution < 1.29 is 14.3 Å². The van der Waals surface area contributed by atoms with Gasteiger partial charge in [0.05, 0.1) is 6.10 Å². The summed E-state index contributed by atoms with van der Waals surface area (Å²) in [7, 11) is 0. The number of hydrogen-bond acceptors (Lipinski definition) is 5. The molecule has 1 atom stereocenters. The number of aryl methyl sites for hydroxylation is 1. The summed E-state index contributed by atoms with van der Waals surface area (Å²) in [5, 5.41) is 6.08. The lowest BCUT2D eigenvalue weighted by molar-refractivity contribution is 0.0854. The van der Waals surface area contributed by atoms with Crippen LogP contribution in [0.4, 0.5) is 0 Å². The highest BCUT2D eigenvalue weighted by Crippen LogP contribution is 2.22. The standard InChI is InChI=1S/C17H19ClN2O3S/c1-11-7-12(4-5-14(11)18)23-9-16-20-15(10-24-16)17(21)19-8-13-3-2-6-22-13/h4-5,7,10,13H,2-3,6,8-9H2,1H3,(H,19,21). The van der Waals surface area contributed by atoms with Gasteiger partial charge in [0.15, 0.2) is 0 Å². The van der Waals surface area contributed by atoms with Crippen LogP contribution in [0.15, 0.2) is 23.6 Å². The molecule has 1 aromatic carbocycles. The molecule has 1 saturated heterocycles. The Bertz CT molecular complexity index is 714. The molecule has 128 valence electrons. The van der Waals surface area contributed by atoms with Gasteiger partial charge >= 0.3 is 0 Å². The molecule has 5 nitrogen and oxygen atoms in total. The van der Waals surface area contributed by atoms with E-state index < -0.39 is 0 Å². The smallest absolute Gasteiger partial charge is 0.270 e. The van der Waals surface area contributed by atoms with Crippen molar-refractivity contribution in [2.75, 3.05) is 13.2 Å². The zero-order valence-corrected chi connectivity index (χ0v) is 15.0. The van der Waals surface area contributed by atoms with E-state index in [9.17, 15) is 4.79 Å². The summed E-state index contributed by atoms with van der Waals surface area (Å²) in [6.45, 7) is 3.56. The van der Waals surface area contributed by atoms with Crippen LogP contribution in [0.3, 0.4) is 0 Å². The Hall–Kier alpha value is -1.63. The molecule has 2 heterocycles. The van der Waals surface area contributed by atoms with Gasteiger partial charge in [-0.3, -0.25) is 4.79 Å². The largest absolute Gasteiger partial charge is 0.486 e. The van der Waals surface area contributed by atoms with E-state index in [0.29, 0.717) is 23.9 Å². The second-order valence-electron chi connectivity index (χ2n) is 5.67. The van der Waals surface area contributed by atoms with Gasteiger partial charge < -0.3 is 14.8 Å². The number of rotatable bonds is 6. The van der Waals surface area contributed by atoms with Gasteiger partial charge in [0, 0.05) is 23.6 Å². The van der Waals surface area contributed by atoms with E-state index in [2.05, 4.69) is 10.3 Å². The number of carbonyl (C=O) groups is 1. The first-order valence-electron chi connectivity index (χ1n) is 7.85. The fourth-order valence-electron chi connectivity index (χ4n) is 2.44. The summed E-state index contributed by atoms with van der Waals surface area (Å²) in [4.78, 5) is 16.4. The van der Waals surface area contributed by atoms with E-state index in [1.165, 1.54) is 11.3 Å². The molecule has 1 N–H and O–H groups in total. The summed E-state index contributed by atoms with van der Waals surface area (Å²) in [5.41, 5.74) is 1.38. The van der Waals surface area contributed by atoms with Gasteiger partial charge in [-0.15, -0.1) is 11.3 Å². The molecular formula is C17H19ClN2O3S. The first-order valence-corrected chi connectivity index (χ1v) is 9.11. The molecule has 1 aliphatic rings. The summed E-state index contributed by atoms with van der Waals surface area (Å²) < 4.78 is 11.2. The van der Waals surface area contributed by atoms with Crippen molar-refractivity contribution >= 4 is 28.8 Å². The summed E-state index contributed by atoms with van der Waals surface area (Å²) >= 11 is 7.40. The first-order chi connectivity index (χ1) is 11.6. The second-order valence-corrected chi connectivity index (χ2v) is 7.02. The van der Waals surface area contributed by atoms with Gasteiger partial charge in [-0.05, 0) is 43.5 Å². The lowest BCUT2D eigenvalue weighted by Gasteiger charge is -2.09. The van der Waals surface area contributed by atoms with Crippen LogP contribution in [-0.2, 0) is 11.3 Å². The Morgan fingerprint density at radius 1 is 1.54 bits per heavy atom. The number of halogens is 1. The Balaban J connectivity index is 1.50. The van der Waals surface area contributed by atoms with Crippen LogP contribution in [0.25, 0.3) is 0 Å². The minimum absolute atomic E-state index is 0.128. The van der Waals surface area contributed by atoms with E-state index in [1.54, 1.807) is 11.4 Å². The van der Waals surface area contributed by atoms with Gasteiger partial charge in [0.2, 0.25) is 0 Å². The Labute approximate surface area is 150 Å². The number of benzene rings is 1. The number of ether oxygens (including phenoxy) is 2. The number of amides is 1. The fourth-order valence-corrected chi connectivity index (χ4v) is 3.24. The van der Waals surface area contributed by atoms with E-state index >= 15 is 0 Å². The van der Waals surface area contributed by atoms with E-state index in [4.69, 9.17) is 21.1 Å². The van der Waals surface area contributed by atoms with Crippen molar-refractivity contribution in [3.8, 4) is 5.75 Å². The first kappa shape index (κ1) is 17.2. The maximum atomic E-state index is 12.1. The molecule has 0 saturated carbocycles. The Morgan fingerprint density at radius 2 is 2.42 bits per heavy atom. The van der Waals surface area contributed by atoms with E-state index in [-0.39, 0.29) is 12.0 Å². The molecule has 24 heavy (non-hydrogen) atoms.